The summed E-state index contributed by atoms with van der Waals surface area (Å²) in [5.74, 6) is 1.54. The topological polar surface area (TPSA) is 46.6 Å². The fourth-order valence-corrected chi connectivity index (χ4v) is 3.84. The minimum Gasteiger partial charge on any atom is -0.497 e. The first-order valence-electron chi connectivity index (χ1n) is 6.68. The molecule has 0 saturated heterocycles. The molecule has 0 heterocycles. The molecule has 0 spiro atoms. The number of nitrogens with zero attached hydrogens (tertiary/aromatic N) is 1. The summed E-state index contributed by atoms with van der Waals surface area (Å²) in [5, 5.41) is 0. The molecule has 1 aliphatic carbocycles. The lowest BCUT2D eigenvalue weighted by Gasteiger charge is -2.19. The van der Waals surface area contributed by atoms with Crippen molar-refractivity contribution in [2.75, 3.05) is 26.6 Å². The molecule has 0 aliphatic heterocycles. The Morgan fingerprint density at radius 1 is 1.40 bits per heavy atom. The number of alkyl halides is 1. The number of aryl methyl sites for hydroxylation is 1. The van der Waals surface area contributed by atoms with E-state index in [2.05, 4.69) is 0 Å². The van der Waals surface area contributed by atoms with Crippen LogP contribution in [0.3, 0.4) is 0 Å². The minimum absolute atomic E-state index is 0.335. The van der Waals surface area contributed by atoms with Crippen molar-refractivity contribution in [1.29, 1.82) is 0 Å². The van der Waals surface area contributed by atoms with Crippen LogP contribution >= 0.6 is 11.6 Å². The Morgan fingerprint density at radius 2 is 2.10 bits per heavy atom. The molecule has 0 atom stereocenters. The van der Waals surface area contributed by atoms with Crippen LogP contribution in [-0.2, 0) is 16.4 Å². The largest absolute Gasteiger partial charge is 0.497 e. The van der Waals surface area contributed by atoms with Crippen LogP contribution in [0, 0.1) is 5.92 Å². The third-order valence-corrected chi connectivity index (χ3v) is 5.64. The summed E-state index contributed by atoms with van der Waals surface area (Å²) in [6.07, 6.45) is 2.75. The normalized spacial score (nSPS) is 15.6. The second kappa shape index (κ2) is 6.33. The van der Waals surface area contributed by atoms with Crippen LogP contribution in [0.25, 0.3) is 0 Å². The zero-order chi connectivity index (χ0) is 14.8. The van der Waals surface area contributed by atoms with Crippen molar-refractivity contribution in [2.24, 2.45) is 5.92 Å². The Labute approximate surface area is 125 Å². The van der Waals surface area contributed by atoms with Crippen molar-refractivity contribution in [1.82, 2.24) is 4.31 Å². The van der Waals surface area contributed by atoms with Crippen LogP contribution in [0.5, 0.6) is 5.75 Å². The van der Waals surface area contributed by atoms with Gasteiger partial charge in [0.25, 0.3) is 0 Å². The highest BCUT2D eigenvalue weighted by atomic mass is 35.5. The van der Waals surface area contributed by atoms with Gasteiger partial charge in [-0.05, 0) is 48.9 Å². The Morgan fingerprint density at radius 3 is 2.65 bits per heavy atom. The standard InChI is InChI=1S/C14H20ClNO3S/c1-16(10-11-3-4-11)20(17,18)14-6-5-13(19-2)9-12(14)7-8-15/h5-6,9,11H,3-4,7-8,10H2,1-2H3. The summed E-state index contributed by atoms with van der Waals surface area (Å²) in [6.45, 7) is 0.592. The lowest BCUT2D eigenvalue weighted by Crippen LogP contribution is -2.29. The molecular weight excluding hydrogens is 298 g/mol. The highest BCUT2D eigenvalue weighted by molar-refractivity contribution is 7.89. The summed E-state index contributed by atoms with van der Waals surface area (Å²) in [5.41, 5.74) is 0.710. The van der Waals surface area contributed by atoms with Gasteiger partial charge >= 0.3 is 0 Å². The Kier molecular flexibility index (Phi) is 4.94. The van der Waals surface area contributed by atoms with Gasteiger partial charge in [0.1, 0.15) is 5.75 Å². The van der Waals surface area contributed by atoms with E-state index in [1.165, 1.54) is 4.31 Å². The number of methoxy groups -OCH3 is 1. The van der Waals surface area contributed by atoms with E-state index >= 15 is 0 Å². The Hall–Kier alpha value is -0.780. The maximum Gasteiger partial charge on any atom is 0.243 e. The van der Waals surface area contributed by atoms with Gasteiger partial charge in [-0.25, -0.2) is 12.7 Å². The van der Waals surface area contributed by atoms with Crippen molar-refractivity contribution in [2.45, 2.75) is 24.2 Å². The van der Waals surface area contributed by atoms with Gasteiger partial charge in [-0.3, -0.25) is 0 Å². The van der Waals surface area contributed by atoms with E-state index in [9.17, 15) is 8.42 Å². The first-order chi connectivity index (χ1) is 9.48. The van der Waals surface area contributed by atoms with Crippen molar-refractivity contribution in [3.63, 3.8) is 0 Å². The summed E-state index contributed by atoms with van der Waals surface area (Å²) >= 11 is 5.78. The zero-order valence-corrected chi connectivity index (χ0v) is 13.4. The van der Waals surface area contributed by atoms with Gasteiger partial charge in [-0.2, -0.15) is 0 Å². The molecule has 0 amide bonds. The monoisotopic (exact) mass is 317 g/mol. The predicted molar refractivity (Wildman–Crippen MR) is 80.0 cm³/mol. The number of sulfonamides is 1. The summed E-state index contributed by atoms with van der Waals surface area (Å²) in [7, 11) is -0.249. The molecule has 1 aliphatic rings. The number of hydrogen-bond donors (Lipinski definition) is 0. The van der Waals surface area contributed by atoms with Gasteiger partial charge < -0.3 is 4.74 Å². The number of hydrogen-bond acceptors (Lipinski definition) is 3. The average Bonchev–Trinajstić information content (AvgIpc) is 3.22. The van der Waals surface area contributed by atoms with Gasteiger partial charge in [-0.15, -0.1) is 11.6 Å². The smallest absolute Gasteiger partial charge is 0.243 e. The Balaban J connectivity index is 2.33. The van der Waals surface area contributed by atoms with Crippen LogP contribution in [0.15, 0.2) is 23.1 Å². The highest BCUT2D eigenvalue weighted by Gasteiger charge is 2.30. The maximum atomic E-state index is 12.6. The second-order valence-corrected chi connectivity index (χ2v) is 7.53. The molecule has 1 aromatic rings. The quantitative estimate of drug-likeness (QED) is 0.726. The summed E-state index contributed by atoms with van der Waals surface area (Å²) in [4.78, 5) is 0.335. The highest BCUT2D eigenvalue weighted by Crippen LogP contribution is 2.32. The molecule has 0 unspecified atom stereocenters. The second-order valence-electron chi connectivity index (χ2n) is 5.14. The molecule has 2 rings (SSSR count). The number of ether oxygens (including phenoxy) is 1. The number of halogens is 1. The van der Waals surface area contributed by atoms with Crippen molar-refractivity contribution in [3.8, 4) is 5.75 Å². The lowest BCUT2D eigenvalue weighted by molar-refractivity contribution is 0.413. The number of rotatable bonds is 7. The van der Waals surface area contributed by atoms with Crippen LogP contribution in [-0.4, -0.2) is 39.3 Å². The van der Waals surface area contributed by atoms with Crippen molar-refractivity contribution >= 4 is 21.6 Å². The maximum absolute atomic E-state index is 12.6. The first kappa shape index (κ1) is 15.6. The molecule has 0 radical (unpaired) electrons. The predicted octanol–water partition coefficient (Wildman–Crippen LogP) is 2.51. The van der Waals surface area contributed by atoms with Crippen LogP contribution < -0.4 is 4.74 Å². The van der Waals surface area contributed by atoms with E-state index < -0.39 is 10.0 Å². The van der Waals surface area contributed by atoms with Gasteiger partial charge in [-0.1, -0.05) is 0 Å². The summed E-state index contributed by atoms with van der Waals surface area (Å²) < 4.78 is 31.9. The van der Waals surface area contributed by atoms with Gasteiger partial charge in [0.05, 0.1) is 12.0 Å². The molecule has 0 bridgehead atoms. The minimum atomic E-state index is -3.45. The van der Waals surface area contributed by atoms with E-state index in [-0.39, 0.29) is 0 Å². The Bertz CT molecular complexity index is 570. The lowest BCUT2D eigenvalue weighted by atomic mass is 10.1. The molecule has 4 nitrogen and oxygen atoms in total. The van der Waals surface area contributed by atoms with Crippen LogP contribution in [0.2, 0.25) is 0 Å². The number of benzene rings is 1. The van der Waals surface area contributed by atoms with Gasteiger partial charge in [0.15, 0.2) is 0 Å². The van der Waals surface area contributed by atoms with E-state index in [4.69, 9.17) is 16.3 Å². The third kappa shape index (κ3) is 3.45. The van der Waals surface area contributed by atoms with Crippen molar-refractivity contribution < 1.29 is 13.2 Å². The zero-order valence-electron chi connectivity index (χ0n) is 11.8. The SMILES string of the molecule is COc1ccc(S(=O)(=O)N(C)CC2CC2)c(CCCl)c1. The molecule has 1 fully saturated rings. The molecule has 1 aromatic carbocycles. The molecule has 112 valence electrons. The van der Waals surface area contributed by atoms with Crippen LogP contribution in [0.4, 0.5) is 0 Å². The fourth-order valence-electron chi connectivity index (χ4n) is 2.16. The molecule has 6 heteroatoms. The molecular formula is C14H20ClNO3S. The molecule has 1 saturated carbocycles. The molecule has 20 heavy (non-hydrogen) atoms. The molecule has 0 aromatic heterocycles. The van der Waals surface area contributed by atoms with Crippen LogP contribution in [0.1, 0.15) is 18.4 Å². The average molecular weight is 318 g/mol. The van der Waals surface area contributed by atoms with Crippen molar-refractivity contribution in [3.05, 3.63) is 23.8 Å². The fraction of sp³-hybridized carbons (Fsp3) is 0.571. The van der Waals surface area contributed by atoms with E-state index in [1.54, 1.807) is 32.4 Å². The first-order valence-corrected chi connectivity index (χ1v) is 8.65. The van der Waals surface area contributed by atoms with E-state index in [0.29, 0.717) is 41.0 Å². The molecule has 0 N–H and O–H groups in total. The third-order valence-electron chi connectivity index (χ3n) is 3.53. The van der Waals surface area contributed by atoms with E-state index in [0.717, 1.165) is 12.8 Å². The summed E-state index contributed by atoms with van der Waals surface area (Å²) in [6, 6.07) is 5.04. The van der Waals surface area contributed by atoms with Gasteiger partial charge in [0, 0.05) is 19.5 Å². The van der Waals surface area contributed by atoms with Gasteiger partial charge in [0.2, 0.25) is 10.0 Å². The van der Waals surface area contributed by atoms with E-state index in [1.807, 2.05) is 0 Å².